The Kier molecular flexibility index (Phi) is 3.48. The lowest BCUT2D eigenvalue weighted by Gasteiger charge is -2.21. The summed E-state index contributed by atoms with van der Waals surface area (Å²) in [5, 5.41) is 9.39. The van der Waals surface area contributed by atoms with E-state index in [0.29, 0.717) is 23.8 Å². The topological polar surface area (TPSA) is 29.5 Å². The standard InChI is InChI=1S/C16H21FO2/c1-10(18)15-5-4-14(8-16(15)17)19-9-13-7-11-2-3-12(13)6-11/h4-5,8,10-13,18H,2-3,6-7,9H2,1H3. The van der Waals surface area contributed by atoms with Gasteiger partial charge in [-0.1, -0.05) is 6.42 Å². The Bertz CT molecular complexity index is 458. The summed E-state index contributed by atoms with van der Waals surface area (Å²) in [6.45, 7) is 2.27. The molecule has 0 radical (unpaired) electrons. The van der Waals surface area contributed by atoms with Crippen LogP contribution >= 0.6 is 0 Å². The van der Waals surface area contributed by atoms with Gasteiger partial charge in [-0.05, 0) is 56.1 Å². The van der Waals surface area contributed by atoms with Crippen molar-refractivity contribution in [1.82, 2.24) is 0 Å². The van der Waals surface area contributed by atoms with Crippen LogP contribution in [-0.2, 0) is 0 Å². The van der Waals surface area contributed by atoms with Crippen LogP contribution in [0.3, 0.4) is 0 Å². The van der Waals surface area contributed by atoms with Crippen molar-refractivity contribution in [2.24, 2.45) is 17.8 Å². The van der Waals surface area contributed by atoms with Gasteiger partial charge in [0, 0.05) is 11.6 Å². The smallest absolute Gasteiger partial charge is 0.132 e. The molecule has 2 fully saturated rings. The van der Waals surface area contributed by atoms with Gasteiger partial charge in [-0.15, -0.1) is 0 Å². The third kappa shape index (κ3) is 2.62. The molecular formula is C16H21FO2. The predicted octanol–water partition coefficient (Wildman–Crippen LogP) is 3.69. The van der Waals surface area contributed by atoms with E-state index in [9.17, 15) is 9.50 Å². The van der Waals surface area contributed by atoms with E-state index in [2.05, 4.69) is 0 Å². The Morgan fingerprint density at radius 3 is 2.79 bits per heavy atom. The number of hydrogen-bond acceptors (Lipinski definition) is 2. The van der Waals surface area contributed by atoms with Gasteiger partial charge in [-0.25, -0.2) is 4.39 Å². The van der Waals surface area contributed by atoms with Gasteiger partial charge >= 0.3 is 0 Å². The monoisotopic (exact) mass is 264 g/mol. The molecule has 19 heavy (non-hydrogen) atoms. The number of fused-ring (bicyclic) bond motifs is 2. The molecule has 0 amide bonds. The molecule has 3 rings (SSSR count). The van der Waals surface area contributed by atoms with Crippen molar-refractivity contribution in [3.8, 4) is 5.75 Å². The minimum atomic E-state index is -0.778. The number of hydrogen-bond donors (Lipinski definition) is 1. The van der Waals surface area contributed by atoms with Gasteiger partial charge in [0.15, 0.2) is 0 Å². The third-order valence-electron chi connectivity index (χ3n) is 4.77. The summed E-state index contributed by atoms with van der Waals surface area (Å²) >= 11 is 0. The maximum absolute atomic E-state index is 13.7. The molecule has 2 aliphatic carbocycles. The zero-order valence-corrected chi connectivity index (χ0v) is 11.3. The summed E-state index contributed by atoms with van der Waals surface area (Å²) in [5.74, 6) is 2.57. The molecule has 3 heteroatoms. The fraction of sp³-hybridized carbons (Fsp3) is 0.625. The van der Waals surface area contributed by atoms with Crippen LogP contribution < -0.4 is 4.74 Å². The summed E-state index contributed by atoms with van der Waals surface area (Å²) in [6.07, 6.45) is 4.59. The fourth-order valence-electron chi connectivity index (χ4n) is 3.72. The quantitative estimate of drug-likeness (QED) is 0.898. The molecule has 2 nitrogen and oxygen atoms in total. The van der Waals surface area contributed by atoms with Crippen LogP contribution in [0.15, 0.2) is 18.2 Å². The first kappa shape index (κ1) is 12.9. The van der Waals surface area contributed by atoms with Crippen molar-refractivity contribution < 1.29 is 14.2 Å². The van der Waals surface area contributed by atoms with E-state index in [4.69, 9.17) is 4.74 Å². The average molecular weight is 264 g/mol. The van der Waals surface area contributed by atoms with Crippen molar-refractivity contribution in [3.63, 3.8) is 0 Å². The van der Waals surface area contributed by atoms with Gasteiger partial charge in [0.25, 0.3) is 0 Å². The van der Waals surface area contributed by atoms with E-state index in [1.165, 1.54) is 31.7 Å². The van der Waals surface area contributed by atoms with Gasteiger partial charge in [-0.2, -0.15) is 0 Å². The molecule has 4 atom stereocenters. The average Bonchev–Trinajstić information content (AvgIpc) is 2.98. The van der Waals surface area contributed by atoms with Crippen LogP contribution in [0, 0.1) is 23.6 Å². The Labute approximate surface area is 113 Å². The number of ether oxygens (including phenoxy) is 1. The molecule has 0 spiro atoms. The summed E-state index contributed by atoms with van der Waals surface area (Å²) in [7, 11) is 0. The summed E-state index contributed by atoms with van der Waals surface area (Å²) in [6, 6.07) is 4.74. The van der Waals surface area contributed by atoms with Crippen molar-refractivity contribution in [1.29, 1.82) is 0 Å². The highest BCUT2D eigenvalue weighted by Crippen LogP contribution is 2.48. The SMILES string of the molecule is CC(O)c1ccc(OCC2CC3CCC2C3)cc1F. The Morgan fingerprint density at radius 1 is 1.37 bits per heavy atom. The van der Waals surface area contributed by atoms with Gasteiger partial charge in [0.1, 0.15) is 11.6 Å². The molecule has 1 N–H and O–H groups in total. The molecule has 0 saturated heterocycles. The number of aliphatic hydroxyl groups excluding tert-OH is 1. The molecular weight excluding hydrogens is 243 g/mol. The molecule has 4 unspecified atom stereocenters. The molecule has 2 bridgehead atoms. The fourth-order valence-corrected chi connectivity index (χ4v) is 3.72. The highest BCUT2D eigenvalue weighted by molar-refractivity contribution is 5.30. The lowest BCUT2D eigenvalue weighted by atomic mass is 9.89. The van der Waals surface area contributed by atoms with Crippen molar-refractivity contribution >= 4 is 0 Å². The van der Waals surface area contributed by atoms with Gasteiger partial charge < -0.3 is 9.84 Å². The van der Waals surface area contributed by atoms with Gasteiger partial charge in [0.05, 0.1) is 12.7 Å². The van der Waals surface area contributed by atoms with Gasteiger partial charge in [-0.3, -0.25) is 0 Å². The van der Waals surface area contributed by atoms with Crippen LogP contribution in [0.4, 0.5) is 4.39 Å². The highest BCUT2D eigenvalue weighted by Gasteiger charge is 2.39. The van der Waals surface area contributed by atoms with E-state index < -0.39 is 6.10 Å². The second-order valence-corrected chi connectivity index (χ2v) is 6.11. The minimum absolute atomic E-state index is 0.326. The van der Waals surface area contributed by atoms with E-state index in [1.807, 2.05) is 0 Å². The Balaban J connectivity index is 1.60. The second-order valence-electron chi connectivity index (χ2n) is 6.11. The number of rotatable bonds is 4. The lowest BCUT2D eigenvalue weighted by molar-refractivity contribution is 0.189. The lowest BCUT2D eigenvalue weighted by Crippen LogP contribution is -2.18. The summed E-state index contributed by atoms with van der Waals surface area (Å²) < 4.78 is 19.4. The molecule has 1 aromatic carbocycles. The van der Waals surface area contributed by atoms with Crippen LogP contribution in [0.25, 0.3) is 0 Å². The van der Waals surface area contributed by atoms with E-state index >= 15 is 0 Å². The first-order valence-electron chi connectivity index (χ1n) is 7.24. The first-order chi connectivity index (χ1) is 9.13. The largest absolute Gasteiger partial charge is 0.493 e. The highest BCUT2D eigenvalue weighted by atomic mass is 19.1. The van der Waals surface area contributed by atoms with Crippen LogP contribution in [0.5, 0.6) is 5.75 Å². The Hall–Kier alpha value is -1.09. The summed E-state index contributed by atoms with van der Waals surface area (Å²) in [5.41, 5.74) is 0.326. The number of aliphatic hydroxyl groups is 1. The summed E-state index contributed by atoms with van der Waals surface area (Å²) in [4.78, 5) is 0. The molecule has 1 aromatic rings. The first-order valence-corrected chi connectivity index (χ1v) is 7.24. The van der Waals surface area contributed by atoms with Crippen LogP contribution in [0.2, 0.25) is 0 Å². The molecule has 0 heterocycles. The molecule has 104 valence electrons. The van der Waals surface area contributed by atoms with Crippen LogP contribution in [0.1, 0.15) is 44.3 Å². The Morgan fingerprint density at radius 2 is 2.21 bits per heavy atom. The molecule has 0 aromatic heterocycles. The zero-order chi connectivity index (χ0) is 13.4. The van der Waals surface area contributed by atoms with E-state index in [-0.39, 0.29) is 5.82 Å². The maximum atomic E-state index is 13.7. The van der Waals surface area contributed by atoms with E-state index in [0.717, 1.165) is 11.8 Å². The molecule has 2 saturated carbocycles. The second kappa shape index (κ2) is 5.12. The van der Waals surface area contributed by atoms with Crippen molar-refractivity contribution in [2.75, 3.05) is 6.61 Å². The zero-order valence-electron chi connectivity index (χ0n) is 11.3. The predicted molar refractivity (Wildman–Crippen MR) is 71.5 cm³/mol. The van der Waals surface area contributed by atoms with Crippen LogP contribution in [-0.4, -0.2) is 11.7 Å². The number of halogens is 1. The molecule has 2 aliphatic rings. The van der Waals surface area contributed by atoms with Crippen molar-refractivity contribution in [2.45, 2.75) is 38.7 Å². The molecule has 0 aliphatic heterocycles. The van der Waals surface area contributed by atoms with Gasteiger partial charge in [0.2, 0.25) is 0 Å². The van der Waals surface area contributed by atoms with E-state index in [1.54, 1.807) is 19.1 Å². The minimum Gasteiger partial charge on any atom is -0.493 e. The van der Waals surface area contributed by atoms with Crippen molar-refractivity contribution in [3.05, 3.63) is 29.6 Å². The number of benzene rings is 1. The maximum Gasteiger partial charge on any atom is 0.132 e. The third-order valence-corrected chi connectivity index (χ3v) is 4.77. The normalized spacial score (nSPS) is 30.6.